The highest BCUT2D eigenvalue weighted by Crippen LogP contribution is 2.33. The minimum absolute atomic E-state index is 0.00105. The van der Waals surface area contributed by atoms with E-state index in [9.17, 15) is 9.59 Å². The average molecular weight is 315 g/mol. The summed E-state index contributed by atoms with van der Waals surface area (Å²) in [4.78, 5) is 29.0. The van der Waals surface area contributed by atoms with Gasteiger partial charge in [-0.1, -0.05) is 12.1 Å². The second-order valence-corrected chi connectivity index (χ2v) is 6.17. The predicted molar refractivity (Wildman–Crippen MR) is 87.1 cm³/mol. The molecule has 6 nitrogen and oxygen atoms in total. The van der Waals surface area contributed by atoms with Gasteiger partial charge in [-0.3, -0.25) is 14.2 Å². The number of nitrogens with one attached hydrogen (secondary N) is 1. The van der Waals surface area contributed by atoms with Gasteiger partial charge in [0.25, 0.3) is 5.56 Å². The average Bonchev–Trinajstić information content (AvgIpc) is 3.35. The Morgan fingerprint density at radius 3 is 2.96 bits per heavy atom. The van der Waals surface area contributed by atoms with Crippen LogP contribution in [0.25, 0.3) is 10.9 Å². The monoisotopic (exact) mass is 315 g/mol. The van der Waals surface area contributed by atoms with Crippen LogP contribution in [0.3, 0.4) is 0 Å². The lowest BCUT2D eigenvalue weighted by Gasteiger charge is -2.17. The van der Waals surface area contributed by atoms with Crippen LogP contribution in [0.5, 0.6) is 0 Å². The molecule has 1 aromatic carbocycles. The Hall–Kier alpha value is -2.21. The standard InChI is InChI=1S/C17H21N3O3/c1-11-3-2-4-13-16(11)18-10-20(17(13)23)9-15(22)19-14(7-8-21)12-5-6-12/h2-4,10,12,14,21H,5-9H2,1H3,(H,19,22). The van der Waals surface area contributed by atoms with Crippen LogP contribution in [0.2, 0.25) is 0 Å². The fourth-order valence-corrected chi connectivity index (χ4v) is 2.92. The van der Waals surface area contributed by atoms with Crippen molar-refractivity contribution >= 4 is 16.8 Å². The van der Waals surface area contributed by atoms with E-state index in [1.54, 1.807) is 6.07 Å². The largest absolute Gasteiger partial charge is 0.396 e. The van der Waals surface area contributed by atoms with Gasteiger partial charge in [-0.25, -0.2) is 4.98 Å². The molecular weight excluding hydrogens is 294 g/mol. The van der Waals surface area contributed by atoms with Crippen LogP contribution < -0.4 is 10.9 Å². The Balaban J connectivity index is 1.77. The summed E-state index contributed by atoms with van der Waals surface area (Å²) < 4.78 is 1.33. The molecule has 23 heavy (non-hydrogen) atoms. The van der Waals surface area contributed by atoms with Gasteiger partial charge < -0.3 is 10.4 Å². The van der Waals surface area contributed by atoms with E-state index in [-0.39, 0.29) is 30.7 Å². The summed E-state index contributed by atoms with van der Waals surface area (Å²) in [5, 5.41) is 12.5. The highest BCUT2D eigenvalue weighted by Gasteiger charge is 2.31. The first kappa shape index (κ1) is 15.7. The molecule has 0 bridgehead atoms. The molecule has 122 valence electrons. The van der Waals surface area contributed by atoms with Crippen LogP contribution in [0.1, 0.15) is 24.8 Å². The first-order valence-corrected chi connectivity index (χ1v) is 7.95. The number of hydrogen-bond acceptors (Lipinski definition) is 4. The van der Waals surface area contributed by atoms with Gasteiger partial charge in [-0.15, -0.1) is 0 Å². The van der Waals surface area contributed by atoms with E-state index in [2.05, 4.69) is 10.3 Å². The highest BCUT2D eigenvalue weighted by atomic mass is 16.3. The van der Waals surface area contributed by atoms with E-state index in [0.29, 0.717) is 23.2 Å². The molecule has 1 unspecified atom stereocenters. The van der Waals surface area contributed by atoms with Gasteiger partial charge in [-0.2, -0.15) is 0 Å². The van der Waals surface area contributed by atoms with Crippen LogP contribution in [0.15, 0.2) is 29.3 Å². The number of hydrogen-bond donors (Lipinski definition) is 2. The molecule has 2 N–H and O–H groups in total. The summed E-state index contributed by atoms with van der Waals surface area (Å²) in [7, 11) is 0. The van der Waals surface area contributed by atoms with Crippen LogP contribution in [-0.2, 0) is 11.3 Å². The van der Waals surface area contributed by atoms with Crippen molar-refractivity contribution in [2.75, 3.05) is 6.61 Å². The zero-order valence-corrected chi connectivity index (χ0v) is 13.2. The smallest absolute Gasteiger partial charge is 0.261 e. The van der Waals surface area contributed by atoms with E-state index in [1.807, 2.05) is 19.1 Å². The van der Waals surface area contributed by atoms with Crippen molar-refractivity contribution in [3.63, 3.8) is 0 Å². The van der Waals surface area contributed by atoms with Crippen LogP contribution in [0.4, 0.5) is 0 Å². The number of rotatable bonds is 6. The number of aliphatic hydroxyl groups is 1. The predicted octanol–water partition coefficient (Wildman–Crippen LogP) is 0.982. The quantitative estimate of drug-likeness (QED) is 0.832. The number of aryl methyl sites for hydroxylation is 1. The van der Waals surface area contributed by atoms with Gasteiger partial charge >= 0.3 is 0 Å². The van der Waals surface area contributed by atoms with Gasteiger partial charge in [0.05, 0.1) is 17.2 Å². The van der Waals surface area contributed by atoms with Crippen LogP contribution >= 0.6 is 0 Å². The van der Waals surface area contributed by atoms with Crippen molar-refractivity contribution in [2.24, 2.45) is 5.92 Å². The van der Waals surface area contributed by atoms with Gasteiger partial charge in [0.15, 0.2) is 0 Å². The van der Waals surface area contributed by atoms with Gasteiger partial charge in [0, 0.05) is 12.6 Å². The Labute approximate surface area is 134 Å². The number of para-hydroxylation sites is 1. The molecule has 1 aliphatic rings. The zero-order chi connectivity index (χ0) is 16.4. The molecule has 6 heteroatoms. The molecule has 0 spiro atoms. The number of nitrogens with zero attached hydrogens (tertiary/aromatic N) is 2. The third kappa shape index (κ3) is 3.42. The fraction of sp³-hybridized carbons (Fsp3) is 0.471. The van der Waals surface area contributed by atoms with Crippen molar-refractivity contribution in [3.8, 4) is 0 Å². The minimum atomic E-state index is -0.216. The van der Waals surface area contributed by atoms with E-state index < -0.39 is 0 Å². The van der Waals surface area contributed by atoms with E-state index >= 15 is 0 Å². The number of aliphatic hydroxyl groups excluding tert-OH is 1. The normalized spacial score (nSPS) is 15.6. The Bertz CT molecular complexity index is 780. The molecule has 1 atom stereocenters. The molecular formula is C17H21N3O3. The Morgan fingerprint density at radius 1 is 1.48 bits per heavy atom. The van der Waals surface area contributed by atoms with Crippen LogP contribution in [0, 0.1) is 12.8 Å². The summed E-state index contributed by atoms with van der Waals surface area (Å²) >= 11 is 0. The topological polar surface area (TPSA) is 84.2 Å². The Kier molecular flexibility index (Phi) is 4.43. The summed E-state index contributed by atoms with van der Waals surface area (Å²) in [5.74, 6) is 0.242. The third-order valence-corrected chi connectivity index (χ3v) is 4.35. The van der Waals surface area contributed by atoms with Crippen molar-refractivity contribution in [1.29, 1.82) is 0 Å². The first-order chi connectivity index (χ1) is 11.1. The lowest BCUT2D eigenvalue weighted by molar-refractivity contribution is -0.122. The third-order valence-electron chi connectivity index (χ3n) is 4.35. The maximum Gasteiger partial charge on any atom is 0.261 e. The number of amides is 1. The lowest BCUT2D eigenvalue weighted by atomic mass is 10.1. The van der Waals surface area contributed by atoms with E-state index in [1.165, 1.54) is 10.9 Å². The number of carbonyl (C=O) groups is 1. The fourth-order valence-electron chi connectivity index (χ4n) is 2.92. The van der Waals surface area contributed by atoms with Crippen molar-refractivity contribution < 1.29 is 9.90 Å². The summed E-state index contributed by atoms with van der Waals surface area (Å²) in [6.07, 6.45) is 4.15. The summed E-state index contributed by atoms with van der Waals surface area (Å²) in [6, 6.07) is 5.44. The maximum atomic E-state index is 12.5. The van der Waals surface area contributed by atoms with Crippen molar-refractivity contribution in [2.45, 2.75) is 38.8 Å². The number of fused-ring (bicyclic) bond motifs is 1. The highest BCUT2D eigenvalue weighted by molar-refractivity contribution is 5.81. The molecule has 1 heterocycles. The maximum absolute atomic E-state index is 12.5. The molecule has 1 saturated carbocycles. The molecule has 1 fully saturated rings. The Morgan fingerprint density at radius 2 is 2.26 bits per heavy atom. The van der Waals surface area contributed by atoms with Gasteiger partial charge in [-0.05, 0) is 43.7 Å². The van der Waals surface area contributed by atoms with Crippen molar-refractivity contribution in [1.82, 2.24) is 14.9 Å². The summed E-state index contributed by atoms with van der Waals surface area (Å²) in [6.45, 7) is 1.91. The lowest BCUT2D eigenvalue weighted by Crippen LogP contribution is -2.40. The summed E-state index contributed by atoms with van der Waals surface area (Å²) in [5.41, 5.74) is 1.40. The molecule has 1 amide bonds. The number of aromatic nitrogens is 2. The zero-order valence-electron chi connectivity index (χ0n) is 13.2. The van der Waals surface area contributed by atoms with Gasteiger partial charge in [0.2, 0.25) is 5.91 Å². The van der Waals surface area contributed by atoms with E-state index in [4.69, 9.17) is 5.11 Å². The van der Waals surface area contributed by atoms with Gasteiger partial charge in [0.1, 0.15) is 6.54 Å². The van der Waals surface area contributed by atoms with Crippen molar-refractivity contribution in [3.05, 3.63) is 40.4 Å². The first-order valence-electron chi connectivity index (χ1n) is 7.95. The molecule has 3 rings (SSSR count). The molecule has 2 aromatic rings. The van der Waals surface area contributed by atoms with Crippen LogP contribution in [-0.4, -0.2) is 33.2 Å². The molecule has 1 aliphatic carbocycles. The molecule has 0 saturated heterocycles. The second-order valence-electron chi connectivity index (χ2n) is 6.17. The molecule has 1 aromatic heterocycles. The molecule has 0 radical (unpaired) electrons. The van der Waals surface area contributed by atoms with E-state index in [0.717, 1.165) is 18.4 Å². The number of benzene rings is 1. The minimum Gasteiger partial charge on any atom is -0.396 e. The molecule has 0 aliphatic heterocycles. The number of carbonyl (C=O) groups excluding carboxylic acids is 1. The second kappa shape index (κ2) is 6.50. The SMILES string of the molecule is Cc1cccc2c(=O)n(CC(=O)NC(CCO)C3CC3)cnc12.